The molecule has 2 aliphatic heterocycles. The molecule has 0 aromatic carbocycles. The lowest BCUT2D eigenvalue weighted by molar-refractivity contribution is 0.365. The quantitative estimate of drug-likeness (QED) is 0.894. The third-order valence-corrected chi connectivity index (χ3v) is 4.59. The van der Waals surface area contributed by atoms with E-state index in [1.54, 1.807) is 0 Å². The number of nitrogens with zero attached hydrogens (tertiary/aromatic N) is 3. The molecule has 0 spiro atoms. The van der Waals surface area contributed by atoms with Crippen molar-refractivity contribution in [1.82, 2.24) is 19.8 Å². The van der Waals surface area contributed by atoms with E-state index in [1.165, 1.54) is 36.7 Å². The van der Waals surface area contributed by atoms with Crippen LogP contribution in [0.4, 0.5) is 0 Å². The second kappa shape index (κ2) is 5.15. The first kappa shape index (κ1) is 14.1. The Labute approximate surface area is 122 Å². The number of fused-ring (bicyclic) bond motifs is 1. The Kier molecular flexibility index (Phi) is 3.63. The molecule has 3 heterocycles. The fourth-order valence-corrected chi connectivity index (χ4v) is 3.57. The number of rotatable bonds is 2. The molecule has 112 valence electrons. The maximum absolute atomic E-state index is 4.97. The second-order valence-corrected chi connectivity index (χ2v) is 7.53. The predicted octanol–water partition coefficient (Wildman–Crippen LogP) is 1.78. The molecule has 1 N–H and O–H groups in total. The van der Waals surface area contributed by atoms with Gasteiger partial charge in [-0.3, -0.25) is 0 Å². The molecule has 0 bridgehead atoms. The van der Waals surface area contributed by atoms with Crippen LogP contribution in [0.1, 0.15) is 44.4 Å². The topological polar surface area (TPSA) is 33.1 Å². The summed E-state index contributed by atoms with van der Waals surface area (Å²) < 4.78 is 2.56. The molecule has 2 aliphatic rings. The average molecular weight is 276 g/mol. The van der Waals surface area contributed by atoms with Crippen LogP contribution in [0, 0.1) is 5.92 Å². The van der Waals surface area contributed by atoms with Gasteiger partial charge in [-0.25, -0.2) is 4.98 Å². The lowest BCUT2D eigenvalue weighted by Crippen LogP contribution is -2.27. The Morgan fingerprint density at radius 1 is 1.35 bits per heavy atom. The Morgan fingerprint density at radius 3 is 2.80 bits per heavy atom. The van der Waals surface area contributed by atoms with E-state index in [2.05, 4.69) is 42.6 Å². The molecule has 1 saturated heterocycles. The summed E-state index contributed by atoms with van der Waals surface area (Å²) in [6.07, 6.45) is 2.45. The summed E-state index contributed by atoms with van der Waals surface area (Å²) in [5.74, 6) is 2.06. The van der Waals surface area contributed by atoms with E-state index in [0.717, 1.165) is 32.0 Å². The van der Waals surface area contributed by atoms with E-state index >= 15 is 0 Å². The van der Waals surface area contributed by atoms with Gasteiger partial charge in [0.15, 0.2) is 0 Å². The molecule has 1 aromatic rings. The van der Waals surface area contributed by atoms with Gasteiger partial charge in [-0.2, -0.15) is 0 Å². The van der Waals surface area contributed by atoms with Crippen LogP contribution in [0.25, 0.3) is 0 Å². The van der Waals surface area contributed by atoms with Gasteiger partial charge in [-0.05, 0) is 25.9 Å². The summed E-state index contributed by atoms with van der Waals surface area (Å²) in [7, 11) is 2.23. The fourth-order valence-electron chi connectivity index (χ4n) is 3.57. The van der Waals surface area contributed by atoms with Crippen molar-refractivity contribution in [1.29, 1.82) is 0 Å². The summed E-state index contributed by atoms with van der Waals surface area (Å²) in [6.45, 7) is 12.5. The lowest BCUT2D eigenvalue weighted by Gasteiger charge is -2.24. The minimum Gasteiger partial charge on any atom is -0.331 e. The van der Waals surface area contributed by atoms with Crippen molar-refractivity contribution < 1.29 is 0 Å². The molecular formula is C16H28N4. The van der Waals surface area contributed by atoms with Crippen molar-refractivity contribution >= 4 is 0 Å². The molecule has 0 radical (unpaired) electrons. The van der Waals surface area contributed by atoms with Gasteiger partial charge >= 0.3 is 0 Å². The molecule has 4 heteroatoms. The smallest absolute Gasteiger partial charge is 0.114 e. The van der Waals surface area contributed by atoms with Crippen molar-refractivity contribution in [2.45, 2.75) is 52.1 Å². The minimum atomic E-state index is 0.127. The summed E-state index contributed by atoms with van der Waals surface area (Å²) in [5.41, 5.74) is 2.90. The van der Waals surface area contributed by atoms with Crippen LogP contribution in [0.2, 0.25) is 0 Å². The van der Waals surface area contributed by atoms with Crippen LogP contribution in [0.5, 0.6) is 0 Å². The SMILES string of the molecule is CN1CCC(Cn2c(C(C)(C)C)nc3c2CCNC3)C1. The van der Waals surface area contributed by atoms with Crippen LogP contribution in [-0.2, 0) is 24.9 Å². The number of likely N-dealkylation sites (tertiary alicyclic amines) is 1. The van der Waals surface area contributed by atoms with E-state index in [9.17, 15) is 0 Å². The Bertz CT molecular complexity index is 483. The number of nitrogens with one attached hydrogen (secondary N) is 1. The first-order valence-corrected chi connectivity index (χ1v) is 7.93. The number of aromatic nitrogens is 2. The van der Waals surface area contributed by atoms with Gasteiger partial charge in [0.05, 0.1) is 5.69 Å². The van der Waals surface area contributed by atoms with E-state index in [0.29, 0.717) is 0 Å². The van der Waals surface area contributed by atoms with Crippen LogP contribution in [0.15, 0.2) is 0 Å². The molecule has 3 rings (SSSR count). The first-order valence-electron chi connectivity index (χ1n) is 7.93. The highest BCUT2D eigenvalue weighted by Crippen LogP contribution is 2.28. The van der Waals surface area contributed by atoms with Gasteiger partial charge in [0.2, 0.25) is 0 Å². The third-order valence-electron chi connectivity index (χ3n) is 4.59. The van der Waals surface area contributed by atoms with Gasteiger partial charge in [-0.1, -0.05) is 20.8 Å². The highest BCUT2D eigenvalue weighted by molar-refractivity contribution is 5.23. The first-order chi connectivity index (χ1) is 9.45. The minimum absolute atomic E-state index is 0.127. The van der Waals surface area contributed by atoms with E-state index in [-0.39, 0.29) is 5.41 Å². The van der Waals surface area contributed by atoms with Crippen LogP contribution in [0.3, 0.4) is 0 Å². The maximum atomic E-state index is 4.97. The number of hydrogen-bond donors (Lipinski definition) is 1. The third kappa shape index (κ3) is 2.63. The predicted molar refractivity (Wildman–Crippen MR) is 81.9 cm³/mol. The molecule has 1 aromatic heterocycles. The van der Waals surface area contributed by atoms with E-state index in [4.69, 9.17) is 4.98 Å². The van der Waals surface area contributed by atoms with Gasteiger partial charge in [-0.15, -0.1) is 0 Å². The molecule has 1 atom stereocenters. The van der Waals surface area contributed by atoms with Crippen LogP contribution < -0.4 is 5.32 Å². The normalized spacial score (nSPS) is 24.1. The Hall–Kier alpha value is -0.870. The van der Waals surface area contributed by atoms with Crippen LogP contribution in [-0.4, -0.2) is 41.1 Å². The molecule has 0 aliphatic carbocycles. The monoisotopic (exact) mass is 276 g/mol. The standard InChI is InChI=1S/C16H28N4/c1-16(2,3)15-18-13-9-17-7-5-14(13)20(15)11-12-6-8-19(4)10-12/h12,17H,5-11H2,1-4H3. The zero-order chi connectivity index (χ0) is 14.3. The fraction of sp³-hybridized carbons (Fsp3) is 0.812. The maximum Gasteiger partial charge on any atom is 0.114 e. The second-order valence-electron chi connectivity index (χ2n) is 7.53. The summed E-state index contributed by atoms with van der Waals surface area (Å²) >= 11 is 0. The highest BCUT2D eigenvalue weighted by Gasteiger charge is 2.29. The van der Waals surface area contributed by atoms with Gasteiger partial charge in [0, 0.05) is 43.7 Å². The van der Waals surface area contributed by atoms with Crippen molar-refractivity contribution in [3.63, 3.8) is 0 Å². The molecule has 0 saturated carbocycles. The zero-order valence-corrected chi connectivity index (χ0v) is 13.4. The Morgan fingerprint density at radius 2 is 2.15 bits per heavy atom. The Balaban J connectivity index is 1.92. The van der Waals surface area contributed by atoms with Gasteiger partial charge in [0.25, 0.3) is 0 Å². The molecule has 1 unspecified atom stereocenters. The lowest BCUT2D eigenvalue weighted by atomic mass is 9.95. The van der Waals surface area contributed by atoms with Crippen molar-refractivity contribution in [2.75, 3.05) is 26.7 Å². The van der Waals surface area contributed by atoms with E-state index in [1.807, 2.05) is 0 Å². The molecule has 20 heavy (non-hydrogen) atoms. The molecule has 4 nitrogen and oxygen atoms in total. The highest BCUT2D eigenvalue weighted by atomic mass is 15.2. The van der Waals surface area contributed by atoms with Gasteiger partial charge < -0.3 is 14.8 Å². The summed E-state index contributed by atoms with van der Waals surface area (Å²) in [5, 5.41) is 3.45. The van der Waals surface area contributed by atoms with E-state index < -0.39 is 0 Å². The van der Waals surface area contributed by atoms with Gasteiger partial charge in [0.1, 0.15) is 5.82 Å². The molecule has 1 fully saturated rings. The summed E-state index contributed by atoms with van der Waals surface area (Å²) in [6, 6.07) is 0. The average Bonchev–Trinajstić information content (AvgIpc) is 2.94. The van der Waals surface area contributed by atoms with Crippen LogP contribution >= 0.6 is 0 Å². The summed E-state index contributed by atoms with van der Waals surface area (Å²) in [4.78, 5) is 7.42. The molecule has 0 amide bonds. The zero-order valence-electron chi connectivity index (χ0n) is 13.4. The molecular weight excluding hydrogens is 248 g/mol. The number of hydrogen-bond acceptors (Lipinski definition) is 3. The van der Waals surface area contributed by atoms with Crippen molar-refractivity contribution in [3.8, 4) is 0 Å². The van der Waals surface area contributed by atoms with Crippen molar-refractivity contribution in [2.24, 2.45) is 5.92 Å². The largest absolute Gasteiger partial charge is 0.331 e. The van der Waals surface area contributed by atoms with Crippen molar-refractivity contribution in [3.05, 3.63) is 17.2 Å². The number of imidazole rings is 1.